The largest absolute Gasteiger partial charge is 0.493 e. The van der Waals surface area contributed by atoms with E-state index < -0.39 is 0 Å². The van der Waals surface area contributed by atoms with Crippen molar-refractivity contribution in [3.05, 3.63) is 22.7 Å². The number of benzene rings is 1. The number of nitrogens with one attached hydrogen (secondary N) is 1. The van der Waals surface area contributed by atoms with Gasteiger partial charge in [0.05, 0.1) is 19.2 Å². The number of methoxy groups -OCH3 is 2. The third kappa shape index (κ3) is 2.67. The zero-order valence-electron chi connectivity index (χ0n) is 10.3. The summed E-state index contributed by atoms with van der Waals surface area (Å²) in [6, 6.07) is 4.46. The van der Waals surface area contributed by atoms with Gasteiger partial charge in [-0.15, -0.1) is 0 Å². The minimum Gasteiger partial charge on any atom is -0.493 e. The van der Waals surface area contributed by atoms with Crippen molar-refractivity contribution < 1.29 is 9.47 Å². The van der Waals surface area contributed by atoms with Crippen LogP contribution in [0.5, 0.6) is 11.5 Å². The van der Waals surface area contributed by atoms with Crippen LogP contribution in [-0.2, 0) is 6.42 Å². The Kier molecular flexibility index (Phi) is 4.13. The van der Waals surface area contributed by atoms with Gasteiger partial charge in [0.2, 0.25) is 0 Å². The average Bonchev–Trinajstić information content (AvgIpc) is 2.84. The van der Waals surface area contributed by atoms with Crippen LogP contribution in [0.2, 0.25) is 5.02 Å². The molecule has 1 unspecified atom stereocenters. The molecule has 0 bridgehead atoms. The highest BCUT2D eigenvalue weighted by atomic mass is 35.5. The molecular weight excluding hydrogens is 238 g/mol. The van der Waals surface area contributed by atoms with Gasteiger partial charge in [-0.3, -0.25) is 0 Å². The molecule has 17 heavy (non-hydrogen) atoms. The third-order valence-electron chi connectivity index (χ3n) is 3.19. The molecule has 1 aliphatic rings. The lowest BCUT2D eigenvalue weighted by molar-refractivity contribution is 0.354. The highest BCUT2D eigenvalue weighted by Crippen LogP contribution is 2.37. The highest BCUT2D eigenvalue weighted by molar-refractivity contribution is 6.33. The molecule has 0 spiro atoms. The summed E-state index contributed by atoms with van der Waals surface area (Å²) in [6.45, 7) is 1.11. The molecule has 1 N–H and O–H groups in total. The Balaban J connectivity index is 2.22. The van der Waals surface area contributed by atoms with E-state index in [4.69, 9.17) is 21.1 Å². The number of ether oxygens (including phenoxy) is 2. The second kappa shape index (κ2) is 5.61. The Morgan fingerprint density at radius 3 is 2.76 bits per heavy atom. The maximum atomic E-state index is 6.34. The zero-order valence-corrected chi connectivity index (χ0v) is 11.0. The Bertz CT molecular complexity index is 389. The summed E-state index contributed by atoms with van der Waals surface area (Å²) in [5, 5.41) is 4.13. The third-order valence-corrected chi connectivity index (χ3v) is 3.61. The maximum absolute atomic E-state index is 6.34. The van der Waals surface area contributed by atoms with Gasteiger partial charge in [0, 0.05) is 6.04 Å². The van der Waals surface area contributed by atoms with Crippen LogP contribution >= 0.6 is 11.6 Å². The van der Waals surface area contributed by atoms with Crippen LogP contribution in [0, 0.1) is 0 Å². The van der Waals surface area contributed by atoms with E-state index in [-0.39, 0.29) is 0 Å². The minimum atomic E-state index is 0.533. The van der Waals surface area contributed by atoms with Crippen LogP contribution in [0.15, 0.2) is 12.1 Å². The van der Waals surface area contributed by atoms with Crippen molar-refractivity contribution >= 4 is 11.6 Å². The van der Waals surface area contributed by atoms with Gasteiger partial charge in [-0.2, -0.15) is 0 Å². The quantitative estimate of drug-likeness (QED) is 0.897. The molecule has 0 radical (unpaired) electrons. The fourth-order valence-corrected chi connectivity index (χ4v) is 2.59. The normalized spacial score (nSPS) is 19.4. The molecule has 1 atom stereocenters. The van der Waals surface area contributed by atoms with Crippen molar-refractivity contribution in [3.63, 3.8) is 0 Å². The molecule has 1 aromatic carbocycles. The summed E-state index contributed by atoms with van der Waals surface area (Å²) in [4.78, 5) is 0. The van der Waals surface area contributed by atoms with E-state index in [0.717, 1.165) is 18.5 Å². The average molecular weight is 256 g/mol. The monoisotopic (exact) mass is 255 g/mol. The van der Waals surface area contributed by atoms with E-state index in [1.54, 1.807) is 14.2 Å². The first-order valence-electron chi connectivity index (χ1n) is 5.89. The summed E-state index contributed by atoms with van der Waals surface area (Å²) in [5.74, 6) is 1.31. The number of hydrogen-bond donors (Lipinski definition) is 1. The molecule has 0 saturated carbocycles. The molecule has 2 rings (SSSR count). The van der Waals surface area contributed by atoms with E-state index >= 15 is 0 Å². The van der Waals surface area contributed by atoms with Gasteiger partial charge >= 0.3 is 0 Å². The first-order valence-corrected chi connectivity index (χ1v) is 6.26. The lowest BCUT2D eigenvalue weighted by atomic mass is 10.0. The Morgan fingerprint density at radius 1 is 1.35 bits per heavy atom. The van der Waals surface area contributed by atoms with Crippen LogP contribution < -0.4 is 14.8 Å². The van der Waals surface area contributed by atoms with Crippen molar-refractivity contribution in [2.75, 3.05) is 20.8 Å². The fourth-order valence-electron chi connectivity index (χ4n) is 2.28. The van der Waals surface area contributed by atoms with Crippen LogP contribution in [0.25, 0.3) is 0 Å². The van der Waals surface area contributed by atoms with E-state index in [9.17, 15) is 0 Å². The van der Waals surface area contributed by atoms with E-state index in [0.29, 0.717) is 22.6 Å². The number of rotatable bonds is 4. The zero-order chi connectivity index (χ0) is 12.3. The first-order chi connectivity index (χ1) is 8.26. The Hall–Kier alpha value is -0.930. The van der Waals surface area contributed by atoms with Crippen molar-refractivity contribution in [3.8, 4) is 11.5 Å². The van der Waals surface area contributed by atoms with Gasteiger partial charge in [-0.05, 0) is 37.4 Å². The van der Waals surface area contributed by atoms with Gasteiger partial charge in [0.15, 0.2) is 11.5 Å². The summed E-state index contributed by atoms with van der Waals surface area (Å²) >= 11 is 6.34. The van der Waals surface area contributed by atoms with Crippen molar-refractivity contribution in [1.29, 1.82) is 0 Å². The fraction of sp³-hybridized carbons (Fsp3) is 0.538. The van der Waals surface area contributed by atoms with Crippen LogP contribution in [0.4, 0.5) is 0 Å². The van der Waals surface area contributed by atoms with Crippen molar-refractivity contribution in [2.24, 2.45) is 0 Å². The first kappa shape index (κ1) is 12.5. The molecule has 94 valence electrons. The van der Waals surface area contributed by atoms with Crippen molar-refractivity contribution in [2.45, 2.75) is 25.3 Å². The van der Waals surface area contributed by atoms with Gasteiger partial charge in [-0.25, -0.2) is 0 Å². The maximum Gasteiger partial charge on any atom is 0.179 e. The lowest BCUT2D eigenvalue weighted by Crippen LogP contribution is -2.23. The van der Waals surface area contributed by atoms with Crippen LogP contribution in [0.1, 0.15) is 18.4 Å². The molecule has 0 aromatic heterocycles. The van der Waals surface area contributed by atoms with Crippen molar-refractivity contribution in [1.82, 2.24) is 5.32 Å². The second-order valence-electron chi connectivity index (χ2n) is 4.27. The molecule has 0 aliphatic carbocycles. The Labute approximate surface area is 107 Å². The summed E-state index contributed by atoms with van der Waals surface area (Å²) in [6.07, 6.45) is 3.40. The smallest absolute Gasteiger partial charge is 0.179 e. The summed E-state index contributed by atoms with van der Waals surface area (Å²) < 4.78 is 10.5. The molecule has 4 heteroatoms. The van der Waals surface area contributed by atoms with Gasteiger partial charge in [0.25, 0.3) is 0 Å². The van der Waals surface area contributed by atoms with Crippen LogP contribution in [0.3, 0.4) is 0 Å². The molecule has 1 saturated heterocycles. The van der Waals surface area contributed by atoms with Gasteiger partial charge in [-0.1, -0.05) is 17.7 Å². The summed E-state index contributed by atoms with van der Waals surface area (Å²) in [5.41, 5.74) is 1.11. The van der Waals surface area contributed by atoms with Gasteiger partial charge < -0.3 is 14.8 Å². The SMILES string of the molecule is COc1ccc(CC2CCCN2)c(Cl)c1OC. The molecule has 3 nitrogen and oxygen atoms in total. The second-order valence-corrected chi connectivity index (χ2v) is 4.65. The molecule has 1 aromatic rings. The number of halogens is 1. The summed E-state index contributed by atoms with van der Waals surface area (Å²) in [7, 11) is 3.23. The lowest BCUT2D eigenvalue weighted by Gasteiger charge is -2.15. The predicted octanol–water partition coefficient (Wildman–Crippen LogP) is 2.65. The molecule has 1 heterocycles. The highest BCUT2D eigenvalue weighted by Gasteiger charge is 2.19. The minimum absolute atomic E-state index is 0.533. The molecule has 1 fully saturated rings. The number of hydrogen-bond acceptors (Lipinski definition) is 3. The van der Waals surface area contributed by atoms with E-state index in [1.807, 2.05) is 12.1 Å². The Morgan fingerprint density at radius 2 is 2.18 bits per heavy atom. The predicted molar refractivity (Wildman–Crippen MR) is 69.3 cm³/mol. The topological polar surface area (TPSA) is 30.5 Å². The van der Waals surface area contributed by atoms with Crippen LogP contribution in [-0.4, -0.2) is 26.8 Å². The standard InChI is InChI=1S/C13H18ClNO2/c1-16-11-6-5-9(12(14)13(11)17-2)8-10-4-3-7-15-10/h5-6,10,15H,3-4,7-8H2,1-2H3. The molecule has 1 aliphatic heterocycles. The van der Waals surface area contributed by atoms with E-state index in [1.165, 1.54) is 12.8 Å². The van der Waals surface area contributed by atoms with Gasteiger partial charge in [0.1, 0.15) is 0 Å². The molecular formula is C13H18ClNO2. The van der Waals surface area contributed by atoms with E-state index in [2.05, 4.69) is 5.32 Å². The molecule has 0 amide bonds.